The lowest BCUT2D eigenvalue weighted by atomic mass is 10.1. The molecule has 0 spiro atoms. The van der Waals surface area contributed by atoms with Crippen LogP contribution in [0, 0.1) is 12.8 Å². The van der Waals surface area contributed by atoms with Crippen molar-refractivity contribution < 1.29 is 22.8 Å². The van der Waals surface area contributed by atoms with Gasteiger partial charge in [-0.2, -0.15) is 13.2 Å². The molecule has 0 saturated heterocycles. The van der Waals surface area contributed by atoms with Gasteiger partial charge in [-0.1, -0.05) is 11.6 Å². The van der Waals surface area contributed by atoms with Gasteiger partial charge in [-0.25, -0.2) is 4.98 Å². The summed E-state index contributed by atoms with van der Waals surface area (Å²) in [6, 6.07) is 5.93. The molecule has 1 aromatic heterocycles. The Bertz CT molecular complexity index is 1150. The number of aromatic nitrogens is 2. The second kappa shape index (κ2) is 7.91. The van der Waals surface area contributed by atoms with Crippen molar-refractivity contribution in [3.63, 3.8) is 0 Å². The quantitative estimate of drug-likeness (QED) is 0.679. The van der Waals surface area contributed by atoms with E-state index in [1.807, 2.05) is 5.32 Å². The van der Waals surface area contributed by atoms with E-state index in [0.29, 0.717) is 16.3 Å². The third-order valence-corrected chi connectivity index (χ3v) is 5.87. The average molecular weight is 469 g/mol. The van der Waals surface area contributed by atoms with Gasteiger partial charge in [-0.05, 0) is 50.8 Å². The average Bonchev–Trinajstić information content (AvgIpc) is 3.58. The van der Waals surface area contributed by atoms with Crippen molar-refractivity contribution in [3.8, 4) is 11.3 Å². The molecule has 2 aliphatic carbocycles. The first-order valence-electron chi connectivity index (χ1n) is 10.1. The molecule has 7 nitrogen and oxygen atoms in total. The summed E-state index contributed by atoms with van der Waals surface area (Å²) in [5.41, 5.74) is -1.69. The Labute approximate surface area is 186 Å². The monoisotopic (exact) mass is 468 g/mol. The van der Waals surface area contributed by atoms with Gasteiger partial charge in [0.15, 0.2) is 0 Å². The van der Waals surface area contributed by atoms with Gasteiger partial charge in [0.2, 0.25) is 11.8 Å². The third-order valence-electron chi connectivity index (χ3n) is 5.64. The molecule has 4 rings (SSSR count). The van der Waals surface area contributed by atoms with Crippen LogP contribution in [0.3, 0.4) is 0 Å². The summed E-state index contributed by atoms with van der Waals surface area (Å²) in [6.45, 7) is 0.898. The molecule has 11 heteroatoms. The van der Waals surface area contributed by atoms with E-state index in [4.69, 9.17) is 11.6 Å². The van der Waals surface area contributed by atoms with Crippen LogP contribution in [0.25, 0.3) is 11.3 Å². The fourth-order valence-corrected chi connectivity index (χ4v) is 3.60. The highest BCUT2D eigenvalue weighted by Crippen LogP contribution is 2.48. The highest BCUT2D eigenvalue weighted by Gasteiger charge is 2.64. The van der Waals surface area contributed by atoms with Crippen molar-refractivity contribution in [2.75, 3.05) is 5.32 Å². The standard InChI is InChI=1S/C21H20ClF3N4O3/c1-11-26-16(14-5-4-13(22)8-15(14)27-19(32)12-2-3-12)9-18(31)29(11)10-17(30)28-20(6-7-20)21(23,24)25/h4-5,8-9,12H,2-3,6-7,10H2,1H3,(H,27,32)(H,28,30). The Morgan fingerprint density at radius 3 is 2.50 bits per heavy atom. The number of amides is 2. The van der Waals surface area contributed by atoms with E-state index in [-0.39, 0.29) is 36.2 Å². The summed E-state index contributed by atoms with van der Waals surface area (Å²) in [5.74, 6) is -0.958. The minimum absolute atomic E-state index is 0.0468. The van der Waals surface area contributed by atoms with Crippen LogP contribution >= 0.6 is 11.6 Å². The molecule has 2 N–H and O–H groups in total. The van der Waals surface area contributed by atoms with Crippen LogP contribution in [0.2, 0.25) is 5.02 Å². The molecule has 2 saturated carbocycles. The van der Waals surface area contributed by atoms with E-state index in [1.165, 1.54) is 13.0 Å². The summed E-state index contributed by atoms with van der Waals surface area (Å²) in [7, 11) is 0. The number of benzene rings is 1. The fourth-order valence-electron chi connectivity index (χ4n) is 3.43. The van der Waals surface area contributed by atoms with Crippen LogP contribution in [0.15, 0.2) is 29.1 Å². The van der Waals surface area contributed by atoms with Crippen LogP contribution in [0.4, 0.5) is 18.9 Å². The van der Waals surface area contributed by atoms with Crippen molar-refractivity contribution in [2.24, 2.45) is 5.92 Å². The maximum atomic E-state index is 13.1. The van der Waals surface area contributed by atoms with E-state index in [1.54, 1.807) is 18.2 Å². The van der Waals surface area contributed by atoms with Crippen molar-refractivity contribution in [2.45, 2.75) is 50.9 Å². The lowest BCUT2D eigenvalue weighted by Crippen LogP contribution is -2.49. The van der Waals surface area contributed by atoms with E-state index >= 15 is 0 Å². The third kappa shape index (κ3) is 4.50. The maximum Gasteiger partial charge on any atom is 0.411 e. The first-order valence-corrected chi connectivity index (χ1v) is 10.4. The summed E-state index contributed by atoms with van der Waals surface area (Å²) >= 11 is 6.06. The minimum atomic E-state index is -4.54. The lowest BCUT2D eigenvalue weighted by Gasteiger charge is -2.21. The van der Waals surface area contributed by atoms with E-state index < -0.39 is 29.7 Å². The SMILES string of the molecule is Cc1nc(-c2ccc(Cl)cc2NC(=O)C2CC2)cc(=O)n1CC(=O)NC1(C(F)(F)F)CC1. The number of halogens is 4. The Morgan fingerprint density at radius 1 is 1.25 bits per heavy atom. The Kier molecular flexibility index (Phi) is 5.52. The molecule has 1 heterocycles. The van der Waals surface area contributed by atoms with E-state index in [0.717, 1.165) is 17.4 Å². The number of nitrogens with zero attached hydrogens (tertiary/aromatic N) is 2. The normalized spacial score (nSPS) is 17.0. The van der Waals surface area contributed by atoms with Crippen molar-refractivity contribution in [1.29, 1.82) is 0 Å². The highest BCUT2D eigenvalue weighted by atomic mass is 35.5. The number of anilines is 1. The number of alkyl halides is 3. The van der Waals surface area contributed by atoms with Gasteiger partial charge in [-0.3, -0.25) is 19.0 Å². The Hall–Kier alpha value is -2.88. The molecule has 170 valence electrons. The Morgan fingerprint density at radius 2 is 1.94 bits per heavy atom. The molecular formula is C21H20ClF3N4O3. The van der Waals surface area contributed by atoms with Crippen LogP contribution in [-0.4, -0.2) is 33.1 Å². The largest absolute Gasteiger partial charge is 0.411 e. The lowest BCUT2D eigenvalue weighted by molar-refractivity contribution is -0.170. The summed E-state index contributed by atoms with van der Waals surface area (Å²) in [5, 5.41) is 5.19. The topological polar surface area (TPSA) is 93.1 Å². The molecular weight excluding hydrogens is 449 g/mol. The second-order valence-corrected chi connectivity index (χ2v) is 8.63. The van der Waals surface area contributed by atoms with Gasteiger partial charge < -0.3 is 10.6 Å². The number of aryl methyl sites for hydroxylation is 1. The highest BCUT2D eigenvalue weighted by molar-refractivity contribution is 6.31. The predicted octanol–water partition coefficient (Wildman–Crippen LogP) is 3.43. The number of hydrogen-bond acceptors (Lipinski definition) is 4. The number of hydrogen-bond donors (Lipinski definition) is 2. The molecule has 2 aromatic rings. The second-order valence-electron chi connectivity index (χ2n) is 8.19. The van der Waals surface area contributed by atoms with Crippen molar-refractivity contribution >= 4 is 29.1 Å². The van der Waals surface area contributed by atoms with Crippen LogP contribution in [-0.2, 0) is 16.1 Å². The van der Waals surface area contributed by atoms with Gasteiger partial charge >= 0.3 is 6.18 Å². The Balaban J connectivity index is 1.58. The van der Waals surface area contributed by atoms with Gasteiger partial charge in [0, 0.05) is 22.6 Å². The molecule has 2 amide bonds. The van der Waals surface area contributed by atoms with E-state index in [9.17, 15) is 27.6 Å². The first kappa shape index (κ1) is 22.3. The zero-order chi connectivity index (χ0) is 23.3. The maximum absolute atomic E-state index is 13.1. The van der Waals surface area contributed by atoms with Crippen molar-refractivity contribution in [1.82, 2.24) is 14.9 Å². The summed E-state index contributed by atoms with van der Waals surface area (Å²) in [6.07, 6.45) is -3.28. The number of carbonyl (C=O) groups is 2. The van der Waals surface area contributed by atoms with Crippen LogP contribution < -0.4 is 16.2 Å². The first-order chi connectivity index (χ1) is 15.0. The molecule has 0 aliphatic heterocycles. The summed E-state index contributed by atoms with van der Waals surface area (Å²) in [4.78, 5) is 41.4. The van der Waals surface area contributed by atoms with Crippen LogP contribution in [0.1, 0.15) is 31.5 Å². The molecule has 0 atom stereocenters. The van der Waals surface area contributed by atoms with Gasteiger partial charge in [0.05, 0.1) is 11.4 Å². The van der Waals surface area contributed by atoms with Crippen LogP contribution in [0.5, 0.6) is 0 Å². The molecule has 0 bridgehead atoms. The number of rotatable bonds is 6. The number of carbonyl (C=O) groups excluding carboxylic acids is 2. The minimum Gasteiger partial charge on any atom is -0.340 e. The molecule has 0 unspecified atom stereocenters. The molecule has 2 aliphatic rings. The molecule has 1 aromatic carbocycles. The zero-order valence-corrected chi connectivity index (χ0v) is 17.8. The van der Waals surface area contributed by atoms with Gasteiger partial charge in [0.1, 0.15) is 17.9 Å². The number of nitrogens with one attached hydrogen (secondary N) is 2. The molecule has 32 heavy (non-hydrogen) atoms. The predicted molar refractivity (Wildman–Crippen MR) is 111 cm³/mol. The smallest absolute Gasteiger partial charge is 0.340 e. The molecule has 0 radical (unpaired) electrons. The fraction of sp³-hybridized carbons (Fsp3) is 0.429. The molecule has 2 fully saturated rings. The van der Waals surface area contributed by atoms with Gasteiger partial charge in [-0.15, -0.1) is 0 Å². The zero-order valence-electron chi connectivity index (χ0n) is 17.1. The van der Waals surface area contributed by atoms with Gasteiger partial charge in [0.25, 0.3) is 5.56 Å². The van der Waals surface area contributed by atoms with Crippen molar-refractivity contribution in [3.05, 3.63) is 45.5 Å². The van der Waals surface area contributed by atoms with E-state index in [2.05, 4.69) is 10.3 Å². The summed E-state index contributed by atoms with van der Waals surface area (Å²) < 4.78 is 40.2.